The van der Waals surface area contributed by atoms with E-state index in [1.165, 1.54) is 4.90 Å². The Balaban J connectivity index is 1.34. The molecule has 1 fully saturated rings. The molecule has 0 aromatic heterocycles. The average Bonchev–Trinajstić information content (AvgIpc) is 3.65. The van der Waals surface area contributed by atoms with Crippen LogP contribution in [0, 0.1) is 0 Å². The number of rotatable bonds is 6. The van der Waals surface area contributed by atoms with Gasteiger partial charge in [-0.05, 0) is 47.7 Å². The summed E-state index contributed by atoms with van der Waals surface area (Å²) in [6.45, 7) is 7.58. The van der Waals surface area contributed by atoms with E-state index in [1.54, 1.807) is 30.1 Å². The van der Waals surface area contributed by atoms with Crippen molar-refractivity contribution < 1.29 is 23.9 Å². The number of fused-ring (bicyclic) bond motifs is 2. The minimum absolute atomic E-state index is 0.0588. The summed E-state index contributed by atoms with van der Waals surface area (Å²) < 4.78 is 5.53. The summed E-state index contributed by atoms with van der Waals surface area (Å²) in [5.74, 6) is -1.04. The van der Waals surface area contributed by atoms with Gasteiger partial charge in [-0.15, -0.1) is 0 Å². The van der Waals surface area contributed by atoms with Crippen LogP contribution in [0.2, 0.25) is 0 Å². The van der Waals surface area contributed by atoms with Crippen molar-refractivity contribution in [3.8, 4) is 16.9 Å². The predicted molar refractivity (Wildman–Crippen MR) is 128 cm³/mol. The Morgan fingerprint density at radius 3 is 2.63 bits per heavy atom. The smallest absolute Gasteiger partial charge is 0.271 e. The zero-order valence-electron chi connectivity index (χ0n) is 19.2. The van der Waals surface area contributed by atoms with Crippen molar-refractivity contribution in [2.45, 2.75) is 25.4 Å². The van der Waals surface area contributed by atoms with Crippen LogP contribution in [0.25, 0.3) is 11.1 Å². The van der Waals surface area contributed by atoms with E-state index in [1.807, 2.05) is 18.2 Å². The van der Waals surface area contributed by atoms with E-state index in [-0.39, 0.29) is 48.3 Å². The van der Waals surface area contributed by atoms with Crippen molar-refractivity contribution in [2.75, 3.05) is 19.0 Å². The summed E-state index contributed by atoms with van der Waals surface area (Å²) in [6.07, 6.45) is 1.87. The molecular weight excluding hydrogens is 448 g/mol. The Hall–Kier alpha value is -4.40. The number of hydrogen-bond acceptors (Lipinski definition) is 5. The standard InChI is InChI=1S/C26H24N4O5/c1-14(25(33)29(3)17-8-9-17)27-24(32)15(2)30-12-20-18(5-4-6-19(20)26(30)34)16-7-10-21-22(11-16)35-13-23(31)28-21/h4-7,10-11,17H,1-2,8-9,12-13H2,3H3,(H,27,32)(H,28,31). The second kappa shape index (κ2) is 8.43. The number of nitrogens with one attached hydrogen (secondary N) is 2. The fraction of sp³-hybridized carbons (Fsp3) is 0.231. The zero-order valence-corrected chi connectivity index (χ0v) is 19.2. The molecule has 1 aliphatic carbocycles. The second-order valence-electron chi connectivity index (χ2n) is 8.80. The molecule has 5 rings (SSSR count). The first-order valence-electron chi connectivity index (χ1n) is 11.2. The number of likely N-dealkylation sites (N-methyl/N-ethyl adjacent to an activating group) is 1. The Morgan fingerprint density at radius 1 is 1.14 bits per heavy atom. The lowest BCUT2D eigenvalue weighted by molar-refractivity contribution is -0.128. The van der Waals surface area contributed by atoms with Gasteiger partial charge in [0.1, 0.15) is 11.4 Å². The lowest BCUT2D eigenvalue weighted by Crippen LogP contribution is -2.40. The first-order valence-corrected chi connectivity index (χ1v) is 11.2. The monoisotopic (exact) mass is 472 g/mol. The summed E-state index contributed by atoms with van der Waals surface area (Å²) in [5.41, 5.74) is 3.28. The molecule has 2 heterocycles. The van der Waals surface area contributed by atoms with Crippen molar-refractivity contribution in [3.05, 3.63) is 72.1 Å². The van der Waals surface area contributed by atoms with Crippen molar-refractivity contribution in [2.24, 2.45) is 0 Å². The third kappa shape index (κ3) is 4.05. The van der Waals surface area contributed by atoms with Crippen molar-refractivity contribution in [1.82, 2.24) is 15.1 Å². The molecule has 4 amide bonds. The van der Waals surface area contributed by atoms with Gasteiger partial charge in [0.2, 0.25) is 0 Å². The van der Waals surface area contributed by atoms with Gasteiger partial charge in [0.15, 0.2) is 6.61 Å². The Labute approximate surface area is 202 Å². The van der Waals surface area contributed by atoms with E-state index in [9.17, 15) is 19.2 Å². The molecule has 0 unspecified atom stereocenters. The maximum atomic E-state index is 13.1. The number of hydrogen-bond donors (Lipinski definition) is 2. The van der Waals surface area contributed by atoms with Crippen LogP contribution in [0.5, 0.6) is 5.75 Å². The molecule has 9 heteroatoms. The third-order valence-electron chi connectivity index (χ3n) is 6.42. The number of carbonyl (C=O) groups excluding carboxylic acids is 4. The Bertz CT molecular complexity index is 1330. The van der Waals surface area contributed by atoms with Crippen LogP contribution < -0.4 is 15.4 Å². The maximum absolute atomic E-state index is 13.1. The minimum atomic E-state index is -0.659. The number of nitrogens with zero attached hydrogens (tertiary/aromatic N) is 2. The Kier molecular flexibility index (Phi) is 5.39. The summed E-state index contributed by atoms with van der Waals surface area (Å²) >= 11 is 0. The molecule has 0 atom stereocenters. The predicted octanol–water partition coefficient (Wildman–Crippen LogP) is 2.40. The SMILES string of the molecule is C=C(NC(=O)C(=C)N1Cc2c(cccc2-c2ccc3c(c2)OCC(=O)N3)C1=O)C(=O)N(C)C1CC1. The highest BCUT2D eigenvalue weighted by Gasteiger charge is 2.35. The van der Waals surface area contributed by atoms with Gasteiger partial charge in [-0.3, -0.25) is 24.1 Å². The second-order valence-corrected chi connectivity index (χ2v) is 8.80. The normalized spacial score (nSPS) is 16.0. The third-order valence-corrected chi connectivity index (χ3v) is 6.42. The van der Waals surface area contributed by atoms with Gasteiger partial charge in [0.25, 0.3) is 23.6 Å². The van der Waals surface area contributed by atoms with Crippen LogP contribution >= 0.6 is 0 Å². The molecule has 2 aromatic carbocycles. The van der Waals surface area contributed by atoms with Crippen molar-refractivity contribution in [3.63, 3.8) is 0 Å². The van der Waals surface area contributed by atoms with Crippen molar-refractivity contribution in [1.29, 1.82) is 0 Å². The molecule has 3 aliphatic rings. The number of benzene rings is 2. The molecule has 0 radical (unpaired) electrons. The molecule has 2 aromatic rings. The molecule has 35 heavy (non-hydrogen) atoms. The summed E-state index contributed by atoms with van der Waals surface area (Å²) in [5, 5.41) is 5.24. The van der Waals surface area contributed by atoms with Gasteiger partial charge in [0, 0.05) is 18.7 Å². The molecule has 0 spiro atoms. The molecule has 178 valence electrons. The fourth-order valence-electron chi connectivity index (χ4n) is 4.29. The molecule has 1 saturated carbocycles. The molecule has 0 saturated heterocycles. The maximum Gasteiger partial charge on any atom is 0.271 e. The molecule has 9 nitrogen and oxygen atoms in total. The number of ether oxygens (including phenoxy) is 1. The number of anilines is 1. The van der Waals surface area contributed by atoms with Gasteiger partial charge in [-0.1, -0.05) is 31.4 Å². The Morgan fingerprint density at radius 2 is 1.89 bits per heavy atom. The highest BCUT2D eigenvalue weighted by atomic mass is 16.5. The van der Waals surface area contributed by atoms with Crippen LogP contribution in [-0.2, 0) is 20.9 Å². The van der Waals surface area contributed by atoms with E-state index in [0.29, 0.717) is 17.0 Å². The van der Waals surface area contributed by atoms with Crippen LogP contribution in [0.4, 0.5) is 5.69 Å². The molecule has 0 bridgehead atoms. The van der Waals surface area contributed by atoms with E-state index in [2.05, 4.69) is 23.8 Å². The van der Waals surface area contributed by atoms with Crippen LogP contribution in [0.3, 0.4) is 0 Å². The van der Waals surface area contributed by atoms with Gasteiger partial charge >= 0.3 is 0 Å². The molecule has 2 N–H and O–H groups in total. The largest absolute Gasteiger partial charge is 0.482 e. The highest BCUT2D eigenvalue weighted by Crippen LogP contribution is 2.38. The first-order chi connectivity index (χ1) is 16.7. The highest BCUT2D eigenvalue weighted by molar-refractivity contribution is 6.08. The lowest BCUT2D eigenvalue weighted by atomic mass is 9.96. The number of carbonyl (C=O) groups is 4. The summed E-state index contributed by atoms with van der Waals surface area (Å²) in [7, 11) is 1.67. The topological polar surface area (TPSA) is 108 Å². The van der Waals surface area contributed by atoms with Crippen LogP contribution in [-0.4, -0.2) is 53.1 Å². The van der Waals surface area contributed by atoms with E-state index >= 15 is 0 Å². The summed E-state index contributed by atoms with van der Waals surface area (Å²) in [6, 6.07) is 10.9. The van der Waals surface area contributed by atoms with Gasteiger partial charge in [-0.25, -0.2) is 0 Å². The van der Waals surface area contributed by atoms with E-state index < -0.39 is 5.91 Å². The fourth-order valence-corrected chi connectivity index (χ4v) is 4.29. The zero-order chi connectivity index (χ0) is 24.9. The van der Waals surface area contributed by atoms with Gasteiger partial charge in [0.05, 0.1) is 17.9 Å². The molecule has 2 aliphatic heterocycles. The minimum Gasteiger partial charge on any atom is -0.482 e. The van der Waals surface area contributed by atoms with Crippen LogP contribution in [0.15, 0.2) is 61.0 Å². The summed E-state index contributed by atoms with van der Waals surface area (Å²) in [4.78, 5) is 52.8. The van der Waals surface area contributed by atoms with E-state index in [4.69, 9.17) is 4.74 Å². The van der Waals surface area contributed by atoms with Crippen LogP contribution in [0.1, 0.15) is 28.8 Å². The first kappa shape index (κ1) is 22.4. The van der Waals surface area contributed by atoms with Gasteiger partial charge in [-0.2, -0.15) is 0 Å². The lowest BCUT2D eigenvalue weighted by Gasteiger charge is -2.21. The number of amides is 4. The average molecular weight is 473 g/mol. The van der Waals surface area contributed by atoms with Crippen molar-refractivity contribution >= 4 is 29.3 Å². The molecular formula is C26H24N4O5. The van der Waals surface area contributed by atoms with E-state index in [0.717, 1.165) is 29.5 Å². The quantitative estimate of drug-likeness (QED) is 0.628. The van der Waals surface area contributed by atoms with Gasteiger partial charge < -0.3 is 20.3 Å².